The molecule has 0 saturated carbocycles. The van der Waals surface area contributed by atoms with Gasteiger partial charge in [0.15, 0.2) is 0 Å². The van der Waals surface area contributed by atoms with Gasteiger partial charge < -0.3 is 15.4 Å². The van der Waals surface area contributed by atoms with Gasteiger partial charge in [0.2, 0.25) is 0 Å². The van der Waals surface area contributed by atoms with Gasteiger partial charge in [0.25, 0.3) is 5.91 Å². The zero-order valence-electron chi connectivity index (χ0n) is 19.7. The Kier molecular flexibility index (Phi) is 7.94. The molecule has 3 aromatic rings. The maximum Gasteiger partial charge on any atom is 0.407 e. The van der Waals surface area contributed by atoms with Gasteiger partial charge in [-0.25, -0.2) is 9.18 Å². The molecule has 0 bridgehead atoms. The number of nitrogens with one attached hydrogen (secondary N) is 2. The van der Waals surface area contributed by atoms with E-state index in [1.807, 2.05) is 24.3 Å². The molecule has 2 N–H and O–H groups in total. The smallest absolute Gasteiger partial charge is 0.407 e. The second kappa shape index (κ2) is 10.7. The van der Waals surface area contributed by atoms with Crippen LogP contribution in [0.2, 0.25) is 5.02 Å². The molecule has 0 aliphatic heterocycles. The Bertz CT molecular complexity index is 1200. The molecule has 0 aliphatic rings. The average Bonchev–Trinajstić information content (AvgIpc) is 2.76. The largest absolute Gasteiger partial charge is 0.444 e. The summed E-state index contributed by atoms with van der Waals surface area (Å²) in [5, 5.41) is 6.00. The standard InChI is InChI=1S/C27H28ClFN2O3/c1-17-9-10-19(24(29)13-17)16-30-25(32)22-12-11-20(28)14-23(22)21-8-6-5-7-18(21)15-31-26(33)34-27(2,3)4/h5-14H,15-16H2,1-4H3,(H,30,32)(H,31,33). The summed E-state index contributed by atoms with van der Waals surface area (Å²) < 4.78 is 19.5. The number of hydrogen-bond donors (Lipinski definition) is 2. The summed E-state index contributed by atoms with van der Waals surface area (Å²) in [5.74, 6) is -0.725. The monoisotopic (exact) mass is 482 g/mol. The molecule has 0 heterocycles. The maximum absolute atomic E-state index is 14.2. The highest BCUT2D eigenvalue weighted by atomic mass is 35.5. The van der Waals surface area contributed by atoms with Crippen molar-refractivity contribution in [3.05, 3.63) is 93.8 Å². The van der Waals surface area contributed by atoms with Gasteiger partial charge in [-0.1, -0.05) is 48.0 Å². The Labute approximate surface area is 204 Å². The van der Waals surface area contributed by atoms with E-state index in [1.54, 1.807) is 58.0 Å². The van der Waals surface area contributed by atoms with Gasteiger partial charge in [-0.2, -0.15) is 0 Å². The van der Waals surface area contributed by atoms with Crippen molar-refractivity contribution in [3.63, 3.8) is 0 Å². The number of halogens is 2. The SMILES string of the molecule is Cc1ccc(CNC(=O)c2ccc(Cl)cc2-c2ccccc2CNC(=O)OC(C)(C)C)c(F)c1. The van der Waals surface area contributed by atoms with Gasteiger partial charge in [0.05, 0.1) is 0 Å². The average molecular weight is 483 g/mol. The van der Waals surface area contributed by atoms with Crippen LogP contribution < -0.4 is 10.6 Å². The van der Waals surface area contributed by atoms with Crippen LogP contribution in [0.4, 0.5) is 9.18 Å². The van der Waals surface area contributed by atoms with Crippen LogP contribution in [-0.4, -0.2) is 17.6 Å². The van der Waals surface area contributed by atoms with Crippen LogP contribution in [-0.2, 0) is 17.8 Å². The predicted molar refractivity (Wildman–Crippen MR) is 132 cm³/mol. The highest BCUT2D eigenvalue weighted by Crippen LogP contribution is 2.30. The van der Waals surface area contributed by atoms with E-state index in [1.165, 1.54) is 6.07 Å². The van der Waals surface area contributed by atoms with Crippen LogP contribution in [0, 0.1) is 12.7 Å². The van der Waals surface area contributed by atoms with Crippen molar-refractivity contribution in [1.82, 2.24) is 10.6 Å². The molecule has 0 radical (unpaired) electrons. The van der Waals surface area contributed by atoms with E-state index in [2.05, 4.69) is 10.6 Å². The van der Waals surface area contributed by atoms with Crippen molar-refractivity contribution in [3.8, 4) is 11.1 Å². The number of amides is 2. The second-order valence-corrected chi connectivity index (χ2v) is 9.42. The van der Waals surface area contributed by atoms with Crippen LogP contribution in [0.1, 0.15) is 47.8 Å². The third-order valence-corrected chi connectivity index (χ3v) is 5.24. The first-order chi connectivity index (χ1) is 16.0. The molecule has 0 saturated heterocycles. The lowest BCUT2D eigenvalue weighted by Gasteiger charge is -2.20. The zero-order chi connectivity index (χ0) is 24.9. The van der Waals surface area contributed by atoms with Crippen LogP contribution in [0.15, 0.2) is 60.7 Å². The summed E-state index contributed by atoms with van der Waals surface area (Å²) in [5.41, 5.74) is 3.12. The molecular formula is C27H28ClFN2O3. The van der Waals surface area contributed by atoms with E-state index in [4.69, 9.17) is 16.3 Å². The highest BCUT2D eigenvalue weighted by Gasteiger charge is 2.19. The van der Waals surface area contributed by atoms with Gasteiger partial charge in [-0.15, -0.1) is 0 Å². The number of benzene rings is 3. The molecular weight excluding hydrogens is 455 g/mol. The van der Waals surface area contributed by atoms with E-state index >= 15 is 0 Å². The van der Waals surface area contributed by atoms with E-state index in [-0.39, 0.29) is 24.8 Å². The first kappa shape index (κ1) is 25.2. The molecule has 3 rings (SSSR count). The van der Waals surface area contributed by atoms with E-state index in [9.17, 15) is 14.0 Å². The molecule has 3 aromatic carbocycles. The molecule has 0 aromatic heterocycles. The molecule has 34 heavy (non-hydrogen) atoms. The first-order valence-electron chi connectivity index (χ1n) is 10.9. The number of rotatable bonds is 6. The number of hydrogen-bond acceptors (Lipinski definition) is 3. The van der Waals surface area contributed by atoms with Gasteiger partial charge in [-0.3, -0.25) is 4.79 Å². The van der Waals surface area contributed by atoms with Crippen LogP contribution >= 0.6 is 11.6 Å². The second-order valence-electron chi connectivity index (χ2n) is 8.98. The lowest BCUT2D eigenvalue weighted by molar-refractivity contribution is 0.0523. The van der Waals surface area contributed by atoms with Crippen LogP contribution in [0.25, 0.3) is 11.1 Å². The van der Waals surface area contributed by atoms with E-state index < -0.39 is 11.7 Å². The Morgan fingerprint density at radius 3 is 2.32 bits per heavy atom. The molecule has 0 fully saturated rings. The number of alkyl carbamates (subject to hydrolysis) is 1. The van der Waals surface area contributed by atoms with Crippen molar-refractivity contribution in [1.29, 1.82) is 0 Å². The minimum atomic E-state index is -0.612. The van der Waals surface area contributed by atoms with Gasteiger partial charge in [0.1, 0.15) is 11.4 Å². The van der Waals surface area contributed by atoms with Crippen molar-refractivity contribution in [2.24, 2.45) is 0 Å². The quantitative estimate of drug-likeness (QED) is 0.426. The number of carbonyl (C=O) groups is 2. The normalized spacial score (nSPS) is 11.1. The van der Waals surface area contributed by atoms with Crippen molar-refractivity contribution < 1.29 is 18.7 Å². The van der Waals surface area contributed by atoms with Crippen molar-refractivity contribution in [2.45, 2.75) is 46.4 Å². The van der Waals surface area contributed by atoms with Crippen molar-refractivity contribution >= 4 is 23.6 Å². The summed E-state index contributed by atoms with van der Waals surface area (Å²) in [4.78, 5) is 25.2. The summed E-state index contributed by atoms with van der Waals surface area (Å²) in [6.07, 6.45) is -0.536. The number of carbonyl (C=O) groups excluding carboxylic acids is 2. The van der Waals surface area contributed by atoms with Gasteiger partial charge in [0, 0.05) is 29.2 Å². The molecule has 5 nitrogen and oxygen atoms in total. The molecule has 7 heteroatoms. The summed E-state index contributed by atoms with van der Waals surface area (Å²) in [7, 11) is 0. The lowest BCUT2D eigenvalue weighted by Crippen LogP contribution is -2.32. The maximum atomic E-state index is 14.2. The Balaban J connectivity index is 1.84. The molecule has 0 atom stereocenters. The first-order valence-corrected chi connectivity index (χ1v) is 11.3. The van der Waals surface area contributed by atoms with Gasteiger partial charge in [-0.05, 0) is 74.2 Å². The predicted octanol–water partition coefficient (Wildman–Crippen LogP) is 6.41. The fourth-order valence-electron chi connectivity index (χ4n) is 3.42. The molecule has 0 unspecified atom stereocenters. The number of aryl methyl sites for hydroxylation is 1. The van der Waals surface area contributed by atoms with E-state index in [0.29, 0.717) is 21.7 Å². The Hall–Kier alpha value is -3.38. The third kappa shape index (κ3) is 6.81. The molecule has 0 aliphatic carbocycles. The zero-order valence-corrected chi connectivity index (χ0v) is 20.4. The molecule has 178 valence electrons. The fraction of sp³-hybridized carbons (Fsp3) is 0.259. The number of ether oxygens (including phenoxy) is 1. The van der Waals surface area contributed by atoms with Gasteiger partial charge >= 0.3 is 6.09 Å². The lowest BCUT2D eigenvalue weighted by atomic mass is 9.94. The molecule has 0 spiro atoms. The third-order valence-electron chi connectivity index (χ3n) is 5.00. The van der Waals surface area contributed by atoms with Crippen molar-refractivity contribution in [2.75, 3.05) is 0 Å². The highest BCUT2D eigenvalue weighted by molar-refractivity contribution is 6.31. The Morgan fingerprint density at radius 1 is 0.912 bits per heavy atom. The van der Waals surface area contributed by atoms with E-state index in [0.717, 1.165) is 16.7 Å². The molecule has 2 amide bonds. The minimum absolute atomic E-state index is 0.0505. The topological polar surface area (TPSA) is 67.4 Å². The minimum Gasteiger partial charge on any atom is -0.444 e. The van der Waals surface area contributed by atoms with Crippen LogP contribution in [0.3, 0.4) is 0 Å². The summed E-state index contributed by atoms with van der Waals surface area (Å²) >= 11 is 6.26. The summed E-state index contributed by atoms with van der Waals surface area (Å²) in [6, 6.07) is 17.3. The Morgan fingerprint density at radius 2 is 1.62 bits per heavy atom. The van der Waals surface area contributed by atoms with Crippen LogP contribution in [0.5, 0.6) is 0 Å². The summed E-state index contributed by atoms with van der Waals surface area (Å²) in [6.45, 7) is 7.43. The fourth-order valence-corrected chi connectivity index (χ4v) is 3.59.